The first-order valence-corrected chi connectivity index (χ1v) is 7.94. The third-order valence-electron chi connectivity index (χ3n) is 2.90. The molecule has 1 heterocycles. The maximum absolute atomic E-state index is 12.3. The number of nitrogens with one attached hydrogen (secondary N) is 2. The molecule has 9 heteroatoms. The monoisotopic (exact) mass is 360 g/mol. The van der Waals surface area contributed by atoms with Gasteiger partial charge in [-0.25, -0.2) is 0 Å². The van der Waals surface area contributed by atoms with Crippen molar-refractivity contribution in [1.29, 1.82) is 0 Å². The highest BCUT2D eigenvalue weighted by Gasteiger charge is 2.19. The van der Waals surface area contributed by atoms with Crippen molar-refractivity contribution in [2.75, 3.05) is 18.5 Å². The molecule has 0 radical (unpaired) electrons. The van der Waals surface area contributed by atoms with Gasteiger partial charge in [-0.05, 0) is 24.6 Å². The molecule has 2 aromatic rings. The maximum Gasteiger partial charge on any atom is 0.275 e. The van der Waals surface area contributed by atoms with Gasteiger partial charge in [-0.15, -0.1) is 0 Å². The zero-order valence-corrected chi connectivity index (χ0v) is 14.0. The third kappa shape index (κ3) is 4.07. The molecule has 1 amide bonds. The molecule has 0 saturated carbocycles. The Morgan fingerprint density at radius 2 is 2.14 bits per heavy atom. The largest absolute Gasteiger partial charge is 0.395 e. The highest BCUT2D eigenvalue weighted by molar-refractivity contribution is 6.99. The lowest BCUT2D eigenvalue weighted by molar-refractivity contribution is 0.0936. The van der Waals surface area contributed by atoms with Gasteiger partial charge in [-0.3, -0.25) is 4.79 Å². The standard InChI is InChI=1S/C13H14Cl2N4O2S/c1-7(8-2-3-9(14)10(15)6-8)17-13(21)11-12(16-4-5-20)19-22-18-11/h2-3,6-7,20H,4-5H2,1H3,(H,16,19)(H,17,21). The van der Waals surface area contributed by atoms with Crippen LogP contribution in [0.25, 0.3) is 0 Å². The fourth-order valence-electron chi connectivity index (χ4n) is 1.76. The van der Waals surface area contributed by atoms with Crippen molar-refractivity contribution in [3.8, 4) is 0 Å². The van der Waals surface area contributed by atoms with Gasteiger partial charge in [-0.1, -0.05) is 29.3 Å². The molecule has 1 atom stereocenters. The van der Waals surface area contributed by atoms with Crippen LogP contribution in [0.4, 0.5) is 5.82 Å². The highest BCUT2D eigenvalue weighted by Crippen LogP contribution is 2.25. The number of carbonyl (C=O) groups is 1. The first-order valence-electron chi connectivity index (χ1n) is 6.46. The van der Waals surface area contributed by atoms with Crippen LogP contribution in [0.15, 0.2) is 18.2 Å². The van der Waals surface area contributed by atoms with E-state index in [1.165, 1.54) is 0 Å². The Bertz CT molecular complexity index is 665. The van der Waals surface area contributed by atoms with E-state index in [0.29, 0.717) is 22.4 Å². The van der Waals surface area contributed by atoms with E-state index in [-0.39, 0.29) is 24.2 Å². The minimum absolute atomic E-state index is 0.0573. The average Bonchev–Trinajstić information content (AvgIpc) is 2.96. The Hall–Kier alpha value is -1.41. The fourth-order valence-corrected chi connectivity index (χ4v) is 2.59. The second-order valence-corrected chi connectivity index (χ2v) is 5.82. The molecule has 1 unspecified atom stereocenters. The second kappa shape index (κ2) is 7.73. The normalized spacial score (nSPS) is 12.0. The summed E-state index contributed by atoms with van der Waals surface area (Å²) < 4.78 is 7.96. The van der Waals surface area contributed by atoms with Crippen LogP contribution in [0.3, 0.4) is 0 Å². The van der Waals surface area contributed by atoms with Gasteiger partial charge in [0.15, 0.2) is 11.5 Å². The quantitative estimate of drug-likeness (QED) is 0.737. The van der Waals surface area contributed by atoms with E-state index in [1.807, 2.05) is 6.92 Å². The van der Waals surface area contributed by atoms with Gasteiger partial charge >= 0.3 is 0 Å². The number of halogens is 2. The van der Waals surface area contributed by atoms with Crippen molar-refractivity contribution >= 4 is 46.7 Å². The van der Waals surface area contributed by atoms with E-state index in [9.17, 15) is 4.79 Å². The molecule has 1 aromatic heterocycles. The number of nitrogens with zero attached hydrogens (tertiary/aromatic N) is 2. The van der Waals surface area contributed by atoms with Gasteiger partial charge < -0.3 is 15.7 Å². The Balaban J connectivity index is 2.07. The Morgan fingerprint density at radius 3 is 2.82 bits per heavy atom. The lowest BCUT2D eigenvalue weighted by Gasteiger charge is -2.14. The Kier molecular flexibility index (Phi) is 5.96. The van der Waals surface area contributed by atoms with Crippen LogP contribution in [0.5, 0.6) is 0 Å². The number of aliphatic hydroxyl groups excluding tert-OH is 1. The van der Waals surface area contributed by atoms with Crippen LogP contribution >= 0.6 is 34.9 Å². The molecule has 2 rings (SSSR count). The van der Waals surface area contributed by atoms with Gasteiger partial charge in [0.05, 0.1) is 34.4 Å². The van der Waals surface area contributed by atoms with Crippen LogP contribution in [-0.2, 0) is 0 Å². The summed E-state index contributed by atoms with van der Waals surface area (Å²) >= 11 is 12.8. The second-order valence-electron chi connectivity index (χ2n) is 4.48. The lowest BCUT2D eigenvalue weighted by Crippen LogP contribution is -2.27. The summed E-state index contributed by atoms with van der Waals surface area (Å²) in [6.07, 6.45) is 0. The van der Waals surface area contributed by atoms with Crippen LogP contribution in [0.1, 0.15) is 29.0 Å². The molecular weight excluding hydrogens is 347 g/mol. The SMILES string of the molecule is CC(NC(=O)c1nsnc1NCCO)c1ccc(Cl)c(Cl)c1. The van der Waals surface area contributed by atoms with E-state index in [0.717, 1.165) is 17.3 Å². The summed E-state index contributed by atoms with van der Waals surface area (Å²) in [5, 5.41) is 15.4. The molecule has 0 aliphatic carbocycles. The molecule has 22 heavy (non-hydrogen) atoms. The minimum atomic E-state index is -0.354. The maximum atomic E-state index is 12.3. The summed E-state index contributed by atoms with van der Waals surface area (Å²) in [5.41, 5.74) is 1.03. The predicted molar refractivity (Wildman–Crippen MR) is 87.8 cm³/mol. The van der Waals surface area contributed by atoms with E-state index in [4.69, 9.17) is 28.3 Å². The molecule has 0 saturated heterocycles. The average molecular weight is 361 g/mol. The molecule has 0 bridgehead atoms. The van der Waals surface area contributed by atoms with Gasteiger partial charge in [0.1, 0.15) is 0 Å². The first kappa shape index (κ1) is 17.0. The highest BCUT2D eigenvalue weighted by atomic mass is 35.5. The topological polar surface area (TPSA) is 87.1 Å². The van der Waals surface area contributed by atoms with Gasteiger partial charge in [0.25, 0.3) is 5.91 Å². The fraction of sp³-hybridized carbons (Fsp3) is 0.308. The number of rotatable bonds is 6. The summed E-state index contributed by atoms with van der Waals surface area (Å²) in [6, 6.07) is 4.91. The van der Waals surface area contributed by atoms with E-state index < -0.39 is 0 Å². The van der Waals surface area contributed by atoms with E-state index in [2.05, 4.69) is 19.4 Å². The summed E-state index contributed by atoms with van der Waals surface area (Å²) in [7, 11) is 0. The number of benzene rings is 1. The van der Waals surface area contributed by atoms with E-state index in [1.54, 1.807) is 18.2 Å². The van der Waals surface area contributed by atoms with Crippen LogP contribution in [-0.4, -0.2) is 32.9 Å². The Labute approximate surface area is 141 Å². The van der Waals surface area contributed by atoms with Crippen molar-refractivity contribution in [3.05, 3.63) is 39.5 Å². The molecule has 0 spiro atoms. The molecule has 1 aromatic carbocycles. The summed E-state index contributed by atoms with van der Waals surface area (Å²) in [4.78, 5) is 12.3. The van der Waals surface area contributed by atoms with Crippen molar-refractivity contribution in [2.45, 2.75) is 13.0 Å². The molecule has 6 nitrogen and oxygen atoms in total. The lowest BCUT2D eigenvalue weighted by atomic mass is 10.1. The number of hydrogen-bond acceptors (Lipinski definition) is 6. The van der Waals surface area contributed by atoms with Gasteiger partial charge in [-0.2, -0.15) is 8.75 Å². The summed E-state index contributed by atoms with van der Waals surface area (Å²) in [6.45, 7) is 2.07. The molecule has 0 aliphatic heterocycles. The number of hydrogen-bond donors (Lipinski definition) is 3. The van der Waals surface area contributed by atoms with Gasteiger partial charge in [0, 0.05) is 6.54 Å². The number of aromatic nitrogens is 2. The van der Waals surface area contributed by atoms with Crippen molar-refractivity contribution in [1.82, 2.24) is 14.1 Å². The zero-order chi connectivity index (χ0) is 16.1. The molecule has 118 valence electrons. The molecule has 0 fully saturated rings. The van der Waals surface area contributed by atoms with Crippen LogP contribution in [0, 0.1) is 0 Å². The number of anilines is 1. The minimum Gasteiger partial charge on any atom is -0.395 e. The Morgan fingerprint density at radius 1 is 1.36 bits per heavy atom. The number of amides is 1. The predicted octanol–water partition coefficient (Wildman–Crippen LogP) is 2.74. The van der Waals surface area contributed by atoms with Crippen molar-refractivity contribution < 1.29 is 9.90 Å². The zero-order valence-electron chi connectivity index (χ0n) is 11.6. The van der Waals surface area contributed by atoms with Crippen molar-refractivity contribution in [2.24, 2.45) is 0 Å². The molecule has 3 N–H and O–H groups in total. The van der Waals surface area contributed by atoms with Gasteiger partial charge in [0.2, 0.25) is 0 Å². The summed E-state index contributed by atoms with van der Waals surface area (Å²) in [5.74, 6) is 0.00523. The van der Waals surface area contributed by atoms with Crippen molar-refractivity contribution in [3.63, 3.8) is 0 Å². The van der Waals surface area contributed by atoms with Crippen LogP contribution in [0.2, 0.25) is 10.0 Å². The molecule has 0 aliphatic rings. The third-order valence-corrected chi connectivity index (χ3v) is 4.17. The van der Waals surface area contributed by atoms with E-state index >= 15 is 0 Å². The van der Waals surface area contributed by atoms with Crippen LogP contribution < -0.4 is 10.6 Å². The number of aliphatic hydroxyl groups is 1. The smallest absolute Gasteiger partial charge is 0.275 e. The number of carbonyl (C=O) groups excluding carboxylic acids is 1. The first-order chi connectivity index (χ1) is 10.5. The molecular formula is C13H14Cl2N4O2S.